The number of aromatic amines is 1. The summed E-state index contributed by atoms with van der Waals surface area (Å²) in [7, 11) is 1.67. The Morgan fingerprint density at radius 1 is 1.14 bits per heavy atom. The number of likely N-dealkylation sites (tertiary alicyclic amines) is 1. The molecule has 0 radical (unpaired) electrons. The van der Waals surface area contributed by atoms with Gasteiger partial charge in [-0.15, -0.1) is 0 Å². The number of ether oxygens (including phenoxy) is 1. The van der Waals surface area contributed by atoms with Crippen LogP contribution in [0.15, 0.2) is 59.5 Å². The lowest BCUT2D eigenvalue weighted by Gasteiger charge is -2.19. The highest BCUT2D eigenvalue weighted by Gasteiger charge is 2.36. The zero-order valence-electron chi connectivity index (χ0n) is 16.1. The monoisotopic (exact) mass is 376 g/mol. The number of methoxy groups -OCH3 is 1. The van der Waals surface area contributed by atoms with Crippen LogP contribution in [0.2, 0.25) is 0 Å². The second kappa shape index (κ2) is 7.94. The van der Waals surface area contributed by atoms with E-state index in [1.807, 2.05) is 43.5 Å². The maximum Gasteiger partial charge on any atom is 0.251 e. The van der Waals surface area contributed by atoms with Gasteiger partial charge in [-0.25, -0.2) is 4.98 Å². The standard InChI is InChI=1S/C22H24N4O2/c1-15-24-21(11-22(27)25-15)20-14-26(12-17-5-3-4-10-23-17)13-19(20)16-6-8-18(28-2)9-7-16/h3-11,19-20H,12-14H2,1-2H3,(H,24,25,27)/t19-,20+/m0/s1. The highest BCUT2D eigenvalue weighted by Crippen LogP contribution is 2.39. The molecule has 2 aromatic heterocycles. The van der Waals surface area contributed by atoms with Crippen molar-refractivity contribution in [2.75, 3.05) is 20.2 Å². The van der Waals surface area contributed by atoms with E-state index in [1.165, 1.54) is 5.56 Å². The van der Waals surface area contributed by atoms with Crippen molar-refractivity contribution in [3.05, 3.63) is 87.9 Å². The Hall–Kier alpha value is -2.99. The number of aromatic nitrogens is 3. The van der Waals surface area contributed by atoms with Crippen LogP contribution >= 0.6 is 0 Å². The highest BCUT2D eigenvalue weighted by atomic mass is 16.5. The van der Waals surface area contributed by atoms with E-state index >= 15 is 0 Å². The molecule has 0 saturated carbocycles. The Kier molecular flexibility index (Phi) is 5.21. The van der Waals surface area contributed by atoms with Crippen LogP contribution in [0.25, 0.3) is 0 Å². The first-order valence-corrected chi connectivity index (χ1v) is 9.46. The molecule has 1 aliphatic heterocycles. The Morgan fingerprint density at radius 3 is 2.61 bits per heavy atom. The summed E-state index contributed by atoms with van der Waals surface area (Å²) < 4.78 is 5.30. The maximum atomic E-state index is 12.0. The molecule has 144 valence electrons. The second-order valence-electron chi connectivity index (χ2n) is 7.26. The van der Waals surface area contributed by atoms with Crippen molar-refractivity contribution in [3.63, 3.8) is 0 Å². The Morgan fingerprint density at radius 2 is 1.93 bits per heavy atom. The van der Waals surface area contributed by atoms with E-state index in [9.17, 15) is 4.79 Å². The molecule has 0 bridgehead atoms. The van der Waals surface area contributed by atoms with Crippen LogP contribution in [-0.4, -0.2) is 40.1 Å². The van der Waals surface area contributed by atoms with Crippen molar-refractivity contribution in [1.82, 2.24) is 19.9 Å². The molecule has 1 aromatic carbocycles. The molecule has 28 heavy (non-hydrogen) atoms. The number of rotatable bonds is 5. The zero-order chi connectivity index (χ0) is 19.5. The predicted octanol–water partition coefficient (Wildman–Crippen LogP) is 2.87. The molecule has 1 saturated heterocycles. The van der Waals surface area contributed by atoms with Crippen LogP contribution in [0.3, 0.4) is 0 Å². The van der Waals surface area contributed by atoms with E-state index in [2.05, 4.69) is 32.0 Å². The normalized spacial score (nSPS) is 19.6. The summed E-state index contributed by atoms with van der Waals surface area (Å²) in [6, 6.07) is 15.8. The van der Waals surface area contributed by atoms with E-state index in [-0.39, 0.29) is 17.4 Å². The fraction of sp³-hybridized carbons (Fsp3) is 0.318. The lowest BCUT2D eigenvalue weighted by molar-refractivity contribution is 0.319. The summed E-state index contributed by atoms with van der Waals surface area (Å²) in [5.41, 5.74) is 3.03. The molecule has 3 aromatic rings. The average Bonchev–Trinajstić information content (AvgIpc) is 3.12. The molecule has 0 unspecified atom stereocenters. The lowest BCUT2D eigenvalue weighted by Crippen LogP contribution is -2.21. The van der Waals surface area contributed by atoms with E-state index in [0.29, 0.717) is 5.82 Å². The topological polar surface area (TPSA) is 71.1 Å². The number of hydrogen-bond acceptors (Lipinski definition) is 5. The van der Waals surface area contributed by atoms with Gasteiger partial charge in [0.05, 0.1) is 18.5 Å². The van der Waals surface area contributed by atoms with Crippen molar-refractivity contribution in [2.24, 2.45) is 0 Å². The van der Waals surface area contributed by atoms with Gasteiger partial charge in [0, 0.05) is 43.7 Å². The van der Waals surface area contributed by atoms with E-state index in [0.717, 1.165) is 36.8 Å². The van der Waals surface area contributed by atoms with Crippen molar-refractivity contribution < 1.29 is 4.74 Å². The number of pyridine rings is 1. The first-order valence-electron chi connectivity index (χ1n) is 9.46. The van der Waals surface area contributed by atoms with Crippen molar-refractivity contribution in [2.45, 2.75) is 25.3 Å². The van der Waals surface area contributed by atoms with Gasteiger partial charge in [0.1, 0.15) is 11.6 Å². The fourth-order valence-electron chi connectivity index (χ4n) is 4.02. The molecule has 1 aliphatic rings. The molecule has 2 atom stereocenters. The molecule has 6 nitrogen and oxygen atoms in total. The van der Waals surface area contributed by atoms with Gasteiger partial charge in [0.2, 0.25) is 0 Å². The minimum Gasteiger partial charge on any atom is -0.497 e. The van der Waals surface area contributed by atoms with Crippen LogP contribution in [-0.2, 0) is 6.54 Å². The highest BCUT2D eigenvalue weighted by molar-refractivity contribution is 5.33. The van der Waals surface area contributed by atoms with E-state index < -0.39 is 0 Å². The minimum absolute atomic E-state index is 0.0980. The van der Waals surface area contributed by atoms with Gasteiger partial charge in [-0.3, -0.25) is 14.7 Å². The van der Waals surface area contributed by atoms with Gasteiger partial charge < -0.3 is 9.72 Å². The van der Waals surface area contributed by atoms with Gasteiger partial charge >= 0.3 is 0 Å². The van der Waals surface area contributed by atoms with E-state index in [1.54, 1.807) is 13.2 Å². The second-order valence-corrected chi connectivity index (χ2v) is 7.26. The van der Waals surface area contributed by atoms with Gasteiger partial charge in [0.25, 0.3) is 5.56 Å². The molecule has 0 amide bonds. The van der Waals surface area contributed by atoms with Crippen LogP contribution in [0.5, 0.6) is 5.75 Å². The van der Waals surface area contributed by atoms with Crippen LogP contribution < -0.4 is 10.3 Å². The van der Waals surface area contributed by atoms with Gasteiger partial charge in [-0.2, -0.15) is 0 Å². The van der Waals surface area contributed by atoms with Crippen molar-refractivity contribution in [3.8, 4) is 5.75 Å². The Bertz CT molecular complexity index is 985. The first kappa shape index (κ1) is 18.4. The van der Waals surface area contributed by atoms with Gasteiger partial charge in [-0.05, 0) is 36.8 Å². The number of hydrogen-bond donors (Lipinski definition) is 1. The zero-order valence-corrected chi connectivity index (χ0v) is 16.1. The lowest BCUT2D eigenvalue weighted by atomic mass is 9.86. The summed E-state index contributed by atoms with van der Waals surface area (Å²) in [5, 5.41) is 0. The third-order valence-corrected chi connectivity index (χ3v) is 5.31. The summed E-state index contributed by atoms with van der Waals surface area (Å²) >= 11 is 0. The summed E-state index contributed by atoms with van der Waals surface area (Å²) in [6.45, 7) is 4.34. The molecule has 1 N–H and O–H groups in total. The largest absolute Gasteiger partial charge is 0.497 e. The number of H-pyrrole nitrogens is 1. The van der Waals surface area contributed by atoms with Crippen molar-refractivity contribution >= 4 is 0 Å². The van der Waals surface area contributed by atoms with Gasteiger partial charge in [0.15, 0.2) is 0 Å². The molecular formula is C22H24N4O2. The average molecular weight is 376 g/mol. The van der Waals surface area contributed by atoms with Crippen LogP contribution in [0.1, 0.15) is 34.6 Å². The number of nitrogens with zero attached hydrogens (tertiary/aromatic N) is 3. The molecular weight excluding hydrogens is 352 g/mol. The smallest absolute Gasteiger partial charge is 0.251 e. The maximum absolute atomic E-state index is 12.0. The number of benzene rings is 1. The summed E-state index contributed by atoms with van der Waals surface area (Å²) in [4.78, 5) is 26.3. The van der Waals surface area contributed by atoms with Crippen LogP contribution in [0, 0.1) is 6.92 Å². The van der Waals surface area contributed by atoms with Crippen molar-refractivity contribution in [1.29, 1.82) is 0 Å². The fourth-order valence-corrected chi connectivity index (χ4v) is 4.02. The van der Waals surface area contributed by atoms with Gasteiger partial charge in [-0.1, -0.05) is 18.2 Å². The number of aryl methyl sites for hydroxylation is 1. The predicted molar refractivity (Wildman–Crippen MR) is 108 cm³/mol. The molecule has 6 heteroatoms. The summed E-state index contributed by atoms with van der Waals surface area (Å²) in [6.07, 6.45) is 1.82. The van der Waals surface area contributed by atoms with Crippen LogP contribution in [0.4, 0.5) is 0 Å². The number of nitrogens with one attached hydrogen (secondary N) is 1. The molecule has 4 rings (SSSR count). The summed E-state index contributed by atoms with van der Waals surface area (Å²) in [5.74, 6) is 1.90. The quantitative estimate of drug-likeness (QED) is 0.741. The third-order valence-electron chi connectivity index (χ3n) is 5.31. The Balaban J connectivity index is 1.65. The molecule has 1 fully saturated rings. The molecule has 3 heterocycles. The third kappa shape index (κ3) is 3.97. The van der Waals surface area contributed by atoms with E-state index in [4.69, 9.17) is 4.74 Å². The Labute approximate surface area is 164 Å². The molecule has 0 aliphatic carbocycles. The SMILES string of the molecule is COc1ccc([C@@H]2CN(Cc3ccccn3)C[C@H]2c2cc(=O)[nH]c(C)n2)cc1. The first-order chi connectivity index (χ1) is 13.6. The molecule has 0 spiro atoms. The minimum atomic E-state index is -0.0980.